The van der Waals surface area contributed by atoms with E-state index in [0.29, 0.717) is 11.4 Å². The third kappa shape index (κ3) is 5.04. The average Bonchev–Trinajstić information content (AvgIpc) is 2.58. The van der Waals surface area contributed by atoms with E-state index in [2.05, 4.69) is 10.6 Å². The Morgan fingerprint density at radius 3 is 2.58 bits per heavy atom. The Balaban J connectivity index is 2.09. The Morgan fingerprint density at radius 1 is 1.21 bits per heavy atom. The van der Waals surface area contributed by atoms with E-state index >= 15 is 0 Å². The largest absolute Gasteiger partial charge is 0.383 e. The van der Waals surface area contributed by atoms with Gasteiger partial charge in [-0.3, -0.25) is 9.59 Å². The van der Waals surface area contributed by atoms with Gasteiger partial charge in [-0.1, -0.05) is 25.3 Å². The number of ether oxygens (including phenoxy) is 1. The molecule has 0 aromatic heterocycles. The zero-order valence-electron chi connectivity index (χ0n) is 14.4. The zero-order chi connectivity index (χ0) is 17.5. The lowest BCUT2D eigenvalue weighted by Crippen LogP contribution is -2.39. The Labute approximate surface area is 143 Å². The molecule has 0 unspecified atom stereocenters. The normalized spacial score (nSPS) is 16.5. The van der Waals surface area contributed by atoms with Gasteiger partial charge in [-0.15, -0.1) is 0 Å². The predicted octanol–water partition coefficient (Wildman–Crippen LogP) is 2.43. The Bertz CT molecular complexity index is 583. The predicted molar refractivity (Wildman–Crippen MR) is 94.9 cm³/mol. The van der Waals surface area contributed by atoms with Crippen molar-refractivity contribution in [2.75, 3.05) is 24.4 Å². The highest BCUT2D eigenvalue weighted by molar-refractivity contribution is 6.01. The first-order valence-corrected chi connectivity index (χ1v) is 8.48. The highest BCUT2D eigenvalue weighted by atomic mass is 16.5. The second-order valence-corrected chi connectivity index (χ2v) is 6.42. The third-order valence-electron chi connectivity index (χ3n) is 4.35. The van der Waals surface area contributed by atoms with Gasteiger partial charge in [0, 0.05) is 13.0 Å². The SMILES string of the molecule is COC[C@H](N)C(=O)Nc1cc(C)ccc1NC(=O)C1CCCCC1. The summed E-state index contributed by atoms with van der Waals surface area (Å²) in [6, 6.07) is 4.79. The lowest BCUT2D eigenvalue weighted by Gasteiger charge is -2.22. The summed E-state index contributed by atoms with van der Waals surface area (Å²) in [5.41, 5.74) is 7.92. The summed E-state index contributed by atoms with van der Waals surface area (Å²) in [5.74, 6) is -0.259. The van der Waals surface area contributed by atoms with Crippen molar-refractivity contribution in [3.8, 4) is 0 Å². The summed E-state index contributed by atoms with van der Waals surface area (Å²) < 4.78 is 4.90. The van der Waals surface area contributed by atoms with Crippen LogP contribution in [-0.2, 0) is 14.3 Å². The van der Waals surface area contributed by atoms with Crippen molar-refractivity contribution in [2.45, 2.75) is 45.1 Å². The lowest BCUT2D eigenvalue weighted by molar-refractivity contribution is -0.121. The minimum atomic E-state index is -0.752. The van der Waals surface area contributed by atoms with Gasteiger partial charge in [-0.2, -0.15) is 0 Å². The highest BCUT2D eigenvalue weighted by Crippen LogP contribution is 2.28. The fourth-order valence-corrected chi connectivity index (χ4v) is 2.95. The minimum absolute atomic E-state index is 0.0234. The van der Waals surface area contributed by atoms with E-state index in [0.717, 1.165) is 31.2 Å². The van der Waals surface area contributed by atoms with Crippen LogP contribution in [0.1, 0.15) is 37.7 Å². The fraction of sp³-hybridized carbons (Fsp3) is 0.556. The first-order valence-electron chi connectivity index (χ1n) is 8.48. The van der Waals surface area contributed by atoms with Gasteiger partial charge >= 0.3 is 0 Å². The molecule has 6 nitrogen and oxygen atoms in total. The van der Waals surface area contributed by atoms with Crippen molar-refractivity contribution < 1.29 is 14.3 Å². The van der Waals surface area contributed by atoms with Gasteiger partial charge in [0.2, 0.25) is 11.8 Å². The Hall–Kier alpha value is -1.92. The van der Waals surface area contributed by atoms with E-state index in [1.165, 1.54) is 13.5 Å². The van der Waals surface area contributed by atoms with Gasteiger partial charge in [0.25, 0.3) is 0 Å². The number of aryl methyl sites for hydroxylation is 1. The minimum Gasteiger partial charge on any atom is -0.383 e. The number of rotatable bonds is 6. The summed E-state index contributed by atoms with van der Waals surface area (Å²) >= 11 is 0. The smallest absolute Gasteiger partial charge is 0.243 e. The summed E-state index contributed by atoms with van der Waals surface area (Å²) in [6.45, 7) is 2.07. The van der Waals surface area contributed by atoms with Crippen molar-refractivity contribution in [2.24, 2.45) is 11.7 Å². The molecule has 1 aromatic rings. The summed E-state index contributed by atoms with van der Waals surface area (Å²) in [6.07, 6.45) is 5.26. The molecule has 0 heterocycles. The van der Waals surface area contributed by atoms with Gasteiger partial charge in [0.15, 0.2) is 0 Å². The molecule has 0 bridgehead atoms. The topological polar surface area (TPSA) is 93.4 Å². The first kappa shape index (κ1) is 18.4. The fourth-order valence-electron chi connectivity index (χ4n) is 2.95. The van der Waals surface area contributed by atoms with Crippen molar-refractivity contribution in [3.63, 3.8) is 0 Å². The second kappa shape index (κ2) is 8.80. The molecule has 6 heteroatoms. The molecule has 2 rings (SSSR count). The number of amides is 2. The van der Waals surface area contributed by atoms with Crippen molar-refractivity contribution in [1.82, 2.24) is 0 Å². The molecule has 1 aliphatic carbocycles. The number of hydrogen-bond donors (Lipinski definition) is 3. The number of nitrogens with one attached hydrogen (secondary N) is 2. The van der Waals surface area contributed by atoms with Gasteiger partial charge in [0.1, 0.15) is 6.04 Å². The van der Waals surface area contributed by atoms with E-state index in [-0.39, 0.29) is 24.3 Å². The molecule has 0 spiro atoms. The summed E-state index contributed by atoms with van der Waals surface area (Å²) in [5, 5.41) is 5.74. The third-order valence-corrected chi connectivity index (χ3v) is 4.35. The Kier molecular flexibility index (Phi) is 6.75. The van der Waals surface area contributed by atoms with Crippen LogP contribution in [0.25, 0.3) is 0 Å². The van der Waals surface area contributed by atoms with E-state index in [1.807, 2.05) is 25.1 Å². The van der Waals surface area contributed by atoms with Gasteiger partial charge in [0.05, 0.1) is 18.0 Å². The number of carbonyl (C=O) groups is 2. The standard InChI is InChI=1S/C18H27N3O3/c1-12-8-9-15(20-17(22)13-6-4-3-5-7-13)16(10-12)21-18(23)14(19)11-24-2/h8-10,13-14H,3-7,11,19H2,1-2H3,(H,20,22)(H,21,23)/t14-/m0/s1. The maximum Gasteiger partial charge on any atom is 0.243 e. The van der Waals surface area contributed by atoms with E-state index in [9.17, 15) is 9.59 Å². The van der Waals surface area contributed by atoms with Crippen LogP contribution in [0.2, 0.25) is 0 Å². The quantitative estimate of drug-likeness (QED) is 0.745. The summed E-state index contributed by atoms with van der Waals surface area (Å²) in [7, 11) is 1.50. The van der Waals surface area contributed by atoms with Crippen LogP contribution in [0.4, 0.5) is 11.4 Å². The monoisotopic (exact) mass is 333 g/mol. The van der Waals surface area contributed by atoms with Crippen molar-refractivity contribution >= 4 is 23.2 Å². The maximum atomic E-state index is 12.5. The van der Waals surface area contributed by atoms with E-state index < -0.39 is 6.04 Å². The maximum absolute atomic E-state index is 12.5. The number of hydrogen-bond acceptors (Lipinski definition) is 4. The molecule has 1 aliphatic rings. The van der Waals surface area contributed by atoms with Crippen LogP contribution < -0.4 is 16.4 Å². The first-order chi connectivity index (χ1) is 11.5. The molecule has 4 N–H and O–H groups in total. The molecule has 24 heavy (non-hydrogen) atoms. The summed E-state index contributed by atoms with van der Waals surface area (Å²) in [4.78, 5) is 24.6. The molecular formula is C18H27N3O3. The van der Waals surface area contributed by atoms with Gasteiger partial charge in [-0.05, 0) is 37.5 Å². The molecule has 0 aliphatic heterocycles. The van der Waals surface area contributed by atoms with Crippen molar-refractivity contribution in [1.29, 1.82) is 0 Å². The second-order valence-electron chi connectivity index (χ2n) is 6.42. The van der Waals surface area contributed by atoms with Crippen LogP contribution in [0.3, 0.4) is 0 Å². The van der Waals surface area contributed by atoms with Crippen molar-refractivity contribution in [3.05, 3.63) is 23.8 Å². The van der Waals surface area contributed by atoms with E-state index in [1.54, 1.807) is 0 Å². The number of benzene rings is 1. The van der Waals surface area contributed by atoms with E-state index in [4.69, 9.17) is 10.5 Å². The zero-order valence-corrected chi connectivity index (χ0v) is 14.4. The number of nitrogens with two attached hydrogens (primary N) is 1. The molecular weight excluding hydrogens is 306 g/mol. The molecule has 2 amide bonds. The van der Waals surface area contributed by atoms with Crippen LogP contribution in [0, 0.1) is 12.8 Å². The highest BCUT2D eigenvalue weighted by Gasteiger charge is 2.22. The van der Waals surface area contributed by atoms with Crippen LogP contribution >= 0.6 is 0 Å². The van der Waals surface area contributed by atoms with Crippen LogP contribution in [0.15, 0.2) is 18.2 Å². The lowest BCUT2D eigenvalue weighted by atomic mass is 9.88. The molecule has 1 fully saturated rings. The van der Waals surface area contributed by atoms with Crippen LogP contribution in [0.5, 0.6) is 0 Å². The molecule has 1 atom stereocenters. The Morgan fingerprint density at radius 2 is 1.92 bits per heavy atom. The molecule has 132 valence electrons. The molecule has 1 aromatic carbocycles. The van der Waals surface area contributed by atoms with Crippen LogP contribution in [-0.4, -0.2) is 31.6 Å². The van der Waals surface area contributed by atoms with Gasteiger partial charge in [-0.25, -0.2) is 0 Å². The number of methoxy groups -OCH3 is 1. The average molecular weight is 333 g/mol. The van der Waals surface area contributed by atoms with Gasteiger partial charge < -0.3 is 21.1 Å². The molecule has 1 saturated carbocycles. The number of anilines is 2. The molecule has 0 radical (unpaired) electrons. The number of carbonyl (C=O) groups excluding carboxylic acids is 2. The molecule has 0 saturated heterocycles.